The predicted octanol–water partition coefficient (Wildman–Crippen LogP) is 2.01. The number of aromatic nitrogens is 1. The van der Waals surface area contributed by atoms with Gasteiger partial charge in [-0.25, -0.2) is 4.79 Å². The summed E-state index contributed by atoms with van der Waals surface area (Å²) in [6.07, 6.45) is -0.554. The van der Waals surface area contributed by atoms with Crippen LogP contribution < -0.4 is 10.2 Å². The van der Waals surface area contributed by atoms with Gasteiger partial charge in [-0.1, -0.05) is 12.1 Å². The topological polar surface area (TPSA) is 93.0 Å². The molecule has 1 aromatic heterocycles. The Bertz CT molecular complexity index is 633. The molecule has 0 aliphatic rings. The van der Waals surface area contributed by atoms with Gasteiger partial charge in [0.25, 0.3) is 0 Å². The molecule has 1 heterocycles. The van der Waals surface area contributed by atoms with Crippen LogP contribution in [0.5, 0.6) is 11.8 Å². The van der Waals surface area contributed by atoms with E-state index in [1.165, 1.54) is 0 Å². The summed E-state index contributed by atoms with van der Waals surface area (Å²) in [5, 5.41) is 23.6. The molecule has 0 unspecified atom stereocenters. The zero-order valence-corrected chi connectivity index (χ0v) is 12.8. The van der Waals surface area contributed by atoms with Crippen LogP contribution in [0.4, 0.5) is 4.79 Å². The lowest BCUT2D eigenvalue weighted by molar-refractivity contribution is 0.0412. The Morgan fingerprint density at radius 2 is 1.68 bits per heavy atom. The van der Waals surface area contributed by atoms with E-state index in [-0.39, 0.29) is 30.5 Å². The number of fused-ring (bicyclic) bond motifs is 1. The van der Waals surface area contributed by atoms with E-state index >= 15 is 0 Å². The van der Waals surface area contributed by atoms with E-state index in [4.69, 9.17) is 9.57 Å². The number of rotatable bonds is 4. The van der Waals surface area contributed by atoms with Crippen molar-refractivity contribution in [3.05, 3.63) is 24.3 Å². The maximum atomic E-state index is 11.5. The molecular weight excluding hydrogens is 288 g/mol. The number of hydrogen-bond donors (Lipinski definition) is 3. The summed E-state index contributed by atoms with van der Waals surface area (Å²) >= 11 is 0. The highest BCUT2D eigenvalue weighted by Crippen LogP contribution is 2.34. The van der Waals surface area contributed by atoms with E-state index in [0.717, 1.165) is 4.73 Å². The lowest BCUT2D eigenvalue weighted by Crippen LogP contribution is -2.41. The van der Waals surface area contributed by atoms with Crippen molar-refractivity contribution < 1.29 is 24.6 Å². The second kappa shape index (κ2) is 6.05. The highest BCUT2D eigenvalue weighted by molar-refractivity contribution is 5.92. The molecule has 0 fully saturated rings. The Balaban J connectivity index is 1.92. The second-order valence-corrected chi connectivity index (χ2v) is 5.83. The number of aromatic hydroxyl groups is 2. The summed E-state index contributed by atoms with van der Waals surface area (Å²) in [5.41, 5.74) is -0.382. The molecule has 1 amide bonds. The molecule has 2 aromatic rings. The Labute approximate surface area is 128 Å². The molecule has 3 N–H and O–H groups in total. The minimum absolute atomic E-state index is 0.0142. The fraction of sp³-hybridized carbons (Fsp3) is 0.400. The molecule has 7 heteroatoms. The van der Waals surface area contributed by atoms with E-state index in [1.807, 2.05) is 20.8 Å². The van der Waals surface area contributed by atoms with E-state index in [9.17, 15) is 15.0 Å². The molecule has 0 aliphatic heterocycles. The van der Waals surface area contributed by atoms with Gasteiger partial charge in [0.05, 0.1) is 10.8 Å². The molecule has 0 spiro atoms. The van der Waals surface area contributed by atoms with Crippen LogP contribution in [0.25, 0.3) is 10.8 Å². The lowest BCUT2D eigenvalue weighted by Gasteiger charge is -2.19. The van der Waals surface area contributed by atoms with Crippen LogP contribution >= 0.6 is 0 Å². The standard InChI is InChI=1S/C15H20N2O5/c1-15(2,3)16-14(20)21-8-9-22-17-12(18)10-6-4-5-7-11(10)13(17)19/h4-7,18-19H,8-9H2,1-3H3,(H,16,20). The lowest BCUT2D eigenvalue weighted by atomic mass is 10.1. The first-order valence-electron chi connectivity index (χ1n) is 6.89. The number of carbonyl (C=O) groups excluding carboxylic acids is 1. The van der Waals surface area contributed by atoms with Gasteiger partial charge in [-0.2, -0.15) is 0 Å². The Morgan fingerprint density at radius 3 is 2.18 bits per heavy atom. The maximum absolute atomic E-state index is 11.5. The first-order chi connectivity index (χ1) is 10.3. The van der Waals surface area contributed by atoms with Gasteiger partial charge in [0.15, 0.2) is 0 Å². The zero-order valence-electron chi connectivity index (χ0n) is 12.8. The highest BCUT2D eigenvalue weighted by atomic mass is 16.7. The Kier molecular flexibility index (Phi) is 4.35. The van der Waals surface area contributed by atoms with E-state index in [1.54, 1.807) is 24.3 Å². The summed E-state index contributed by atoms with van der Waals surface area (Å²) in [5.74, 6) is -0.403. The number of alkyl carbamates (subject to hydrolysis) is 1. The molecule has 0 aliphatic carbocycles. The average molecular weight is 308 g/mol. The Morgan fingerprint density at radius 1 is 1.14 bits per heavy atom. The Hall–Kier alpha value is -2.57. The molecule has 0 saturated heterocycles. The van der Waals surface area contributed by atoms with Crippen LogP contribution in [0.15, 0.2) is 24.3 Å². The number of carbonyl (C=O) groups is 1. The first kappa shape index (κ1) is 15.8. The number of hydrogen-bond acceptors (Lipinski definition) is 5. The second-order valence-electron chi connectivity index (χ2n) is 5.83. The average Bonchev–Trinajstić information content (AvgIpc) is 2.67. The van der Waals surface area contributed by atoms with Gasteiger partial charge in [0.2, 0.25) is 11.8 Å². The molecule has 0 radical (unpaired) electrons. The van der Waals surface area contributed by atoms with Crippen LogP contribution in [0.2, 0.25) is 0 Å². The third-order valence-corrected chi connectivity index (χ3v) is 2.81. The monoisotopic (exact) mass is 308 g/mol. The number of benzene rings is 1. The van der Waals surface area contributed by atoms with Crippen molar-refractivity contribution in [3.8, 4) is 11.8 Å². The molecule has 0 atom stereocenters. The SMILES string of the molecule is CC(C)(C)NC(=O)OCCOn1c(O)c2ccccc2c1O. The number of amides is 1. The predicted molar refractivity (Wildman–Crippen MR) is 81.0 cm³/mol. The van der Waals surface area contributed by atoms with Crippen LogP contribution in [0.3, 0.4) is 0 Å². The van der Waals surface area contributed by atoms with Gasteiger partial charge in [-0.15, -0.1) is 4.73 Å². The summed E-state index contributed by atoms with van der Waals surface area (Å²) in [7, 11) is 0. The van der Waals surface area contributed by atoms with Crippen molar-refractivity contribution in [2.45, 2.75) is 26.3 Å². The van der Waals surface area contributed by atoms with Crippen LogP contribution in [0, 0.1) is 0 Å². The third kappa shape index (κ3) is 3.55. The highest BCUT2D eigenvalue weighted by Gasteiger charge is 2.17. The first-order valence-corrected chi connectivity index (χ1v) is 6.89. The van der Waals surface area contributed by atoms with Gasteiger partial charge in [0.1, 0.15) is 13.2 Å². The summed E-state index contributed by atoms with van der Waals surface area (Å²) in [6, 6.07) is 6.81. The third-order valence-electron chi connectivity index (χ3n) is 2.81. The van der Waals surface area contributed by atoms with Crippen molar-refractivity contribution in [2.24, 2.45) is 0 Å². The maximum Gasteiger partial charge on any atom is 0.407 e. The molecule has 22 heavy (non-hydrogen) atoms. The molecule has 0 bridgehead atoms. The summed E-state index contributed by atoms with van der Waals surface area (Å²) < 4.78 is 5.85. The van der Waals surface area contributed by atoms with Crippen LogP contribution in [-0.4, -0.2) is 39.8 Å². The van der Waals surface area contributed by atoms with E-state index in [0.29, 0.717) is 10.8 Å². The van der Waals surface area contributed by atoms with Crippen molar-refractivity contribution in [1.82, 2.24) is 10.0 Å². The van der Waals surface area contributed by atoms with Crippen molar-refractivity contribution >= 4 is 16.9 Å². The zero-order chi connectivity index (χ0) is 16.3. The van der Waals surface area contributed by atoms with Gasteiger partial charge < -0.3 is 25.1 Å². The number of ether oxygens (including phenoxy) is 1. The molecule has 1 aromatic carbocycles. The number of nitrogens with one attached hydrogen (secondary N) is 1. The minimum Gasteiger partial charge on any atom is -0.492 e. The van der Waals surface area contributed by atoms with Crippen molar-refractivity contribution in [2.75, 3.05) is 13.2 Å². The molecule has 2 rings (SSSR count). The van der Waals surface area contributed by atoms with E-state index < -0.39 is 6.09 Å². The fourth-order valence-corrected chi connectivity index (χ4v) is 1.92. The summed E-state index contributed by atoms with van der Waals surface area (Å²) in [6.45, 7) is 5.49. The van der Waals surface area contributed by atoms with Crippen LogP contribution in [0.1, 0.15) is 20.8 Å². The molecule has 7 nitrogen and oxygen atoms in total. The van der Waals surface area contributed by atoms with Crippen molar-refractivity contribution in [1.29, 1.82) is 0 Å². The molecule has 0 saturated carbocycles. The van der Waals surface area contributed by atoms with Gasteiger partial charge in [-0.3, -0.25) is 0 Å². The van der Waals surface area contributed by atoms with Crippen LogP contribution in [-0.2, 0) is 4.74 Å². The van der Waals surface area contributed by atoms with Gasteiger partial charge in [-0.05, 0) is 32.9 Å². The minimum atomic E-state index is -0.554. The molecule has 120 valence electrons. The normalized spacial score (nSPS) is 11.4. The smallest absolute Gasteiger partial charge is 0.407 e. The fourth-order valence-electron chi connectivity index (χ4n) is 1.92. The van der Waals surface area contributed by atoms with Gasteiger partial charge >= 0.3 is 6.09 Å². The molecular formula is C15H20N2O5. The summed E-state index contributed by atoms with van der Waals surface area (Å²) in [4.78, 5) is 16.7. The largest absolute Gasteiger partial charge is 0.492 e. The van der Waals surface area contributed by atoms with Gasteiger partial charge in [0, 0.05) is 5.54 Å². The van der Waals surface area contributed by atoms with Crippen molar-refractivity contribution in [3.63, 3.8) is 0 Å². The van der Waals surface area contributed by atoms with E-state index in [2.05, 4.69) is 5.32 Å². The quantitative estimate of drug-likeness (QED) is 0.751. The number of nitrogens with zero attached hydrogens (tertiary/aromatic N) is 1.